The third-order valence-corrected chi connectivity index (χ3v) is 6.15. The van der Waals surface area contributed by atoms with Gasteiger partial charge in [0.1, 0.15) is 12.4 Å². The molecule has 1 aliphatic rings. The monoisotopic (exact) mass is 465 g/mol. The predicted octanol–water partition coefficient (Wildman–Crippen LogP) is 5.47. The average molecular weight is 466 g/mol. The molecule has 1 fully saturated rings. The van der Waals surface area contributed by atoms with Crippen molar-refractivity contribution in [1.29, 1.82) is 0 Å². The lowest BCUT2D eigenvalue weighted by Gasteiger charge is -2.23. The summed E-state index contributed by atoms with van der Waals surface area (Å²) >= 11 is 0. The third-order valence-electron chi connectivity index (χ3n) is 6.15. The van der Waals surface area contributed by atoms with E-state index >= 15 is 0 Å². The highest BCUT2D eigenvalue weighted by molar-refractivity contribution is 6.22. The van der Waals surface area contributed by atoms with E-state index in [1.54, 1.807) is 13.1 Å². The Morgan fingerprint density at radius 3 is 2.56 bits per heavy atom. The SMILES string of the molecule is C/C=C(/C(=O)C(C)(C)C)c1nc(-c2cc(OCC(C)O)cc(N3CCC(C)(C)C3)c2)cnc1C. The van der Waals surface area contributed by atoms with Crippen LogP contribution in [0.15, 0.2) is 30.5 Å². The van der Waals surface area contributed by atoms with Crippen LogP contribution in [-0.4, -0.2) is 46.7 Å². The van der Waals surface area contributed by atoms with Crippen molar-refractivity contribution < 1.29 is 14.6 Å². The molecule has 2 heterocycles. The van der Waals surface area contributed by atoms with Gasteiger partial charge in [-0.1, -0.05) is 40.7 Å². The molecule has 2 aromatic rings. The van der Waals surface area contributed by atoms with Crippen LogP contribution < -0.4 is 9.64 Å². The lowest BCUT2D eigenvalue weighted by atomic mass is 9.84. The van der Waals surface area contributed by atoms with Gasteiger partial charge in [-0.25, -0.2) is 4.98 Å². The molecule has 0 radical (unpaired) electrons. The number of ketones is 1. The zero-order valence-corrected chi connectivity index (χ0v) is 21.9. The van der Waals surface area contributed by atoms with E-state index in [-0.39, 0.29) is 17.8 Å². The number of aromatic nitrogens is 2. The number of ether oxygens (including phenoxy) is 1. The fourth-order valence-corrected chi connectivity index (χ4v) is 4.17. The Morgan fingerprint density at radius 2 is 2.00 bits per heavy atom. The molecule has 0 bridgehead atoms. The van der Waals surface area contributed by atoms with Gasteiger partial charge < -0.3 is 14.7 Å². The number of nitrogens with zero attached hydrogens (tertiary/aromatic N) is 3. The Hall–Kier alpha value is -2.73. The summed E-state index contributed by atoms with van der Waals surface area (Å²) in [6.07, 6.45) is 4.13. The maximum absolute atomic E-state index is 13.1. The largest absolute Gasteiger partial charge is 0.491 e. The van der Waals surface area contributed by atoms with Gasteiger partial charge in [0.15, 0.2) is 5.78 Å². The first kappa shape index (κ1) is 25.9. The van der Waals surface area contributed by atoms with Crippen LogP contribution in [0.1, 0.15) is 66.3 Å². The zero-order valence-electron chi connectivity index (χ0n) is 21.9. The molecule has 1 saturated heterocycles. The van der Waals surface area contributed by atoms with Gasteiger partial charge in [0.2, 0.25) is 0 Å². The van der Waals surface area contributed by atoms with Gasteiger partial charge in [-0.15, -0.1) is 0 Å². The first-order valence-corrected chi connectivity index (χ1v) is 12.1. The molecule has 1 aromatic heterocycles. The van der Waals surface area contributed by atoms with Gasteiger partial charge in [0.05, 0.1) is 29.4 Å². The number of Topliss-reactive ketones (excluding diaryl/α,β-unsaturated/α-hetero) is 1. The smallest absolute Gasteiger partial charge is 0.170 e. The summed E-state index contributed by atoms with van der Waals surface area (Å²) in [6, 6.07) is 6.06. The molecule has 0 amide bonds. The minimum absolute atomic E-state index is 0.0403. The summed E-state index contributed by atoms with van der Waals surface area (Å²) in [5.74, 6) is 0.720. The molecule has 0 saturated carbocycles. The minimum atomic E-state index is -0.566. The maximum atomic E-state index is 13.1. The lowest BCUT2D eigenvalue weighted by molar-refractivity contribution is -0.120. The van der Waals surface area contributed by atoms with Crippen LogP contribution in [0.25, 0.3) is 16.8 Å². The zero-order chi connectivity index (χ0) is 25.3. The molecule has 1 atom stereocenters. The molecule has 6 nitrogen and oxygen atoms in total. The molecular weight excluding hydrogens is 426 g/mol. The van der Waals surface area contributed by atoms with Crippen molar-refractivity contribution in [3.05, 3.63) is 41.9 Å². The number of aliphatic hydroxyl groups excluding tert-OH is 1. The summed E-state index contributed by atoms with van der Waals surface area (Å²) in [6.45, 7) is 17.9. The standard InChI is InChI=1S/C28H39N3O3/c1-9-23(26(33)27(4,5)6)25-19(3)29-15-24(30-25)20-12-21(31-11-10-28(7,8)17-31)14-22(13-20)34-16-18(2)32/h9,12-15,18,32H,10-11,16-17H2,1-8H3/b23-9+. The highest BCUT2D eigenvalue weighted by atomic mass is 16.5. The Morgan fingerprint density at radius 1 is 1.29 bits per heavy atom. The van der Waals surface area contributed by atoms with Crippen LogP contribution in [-0.2, 0) is 4.79 Å². The van der Waals surface area contributed by atoms with Gasteiger partial charge >= 0.3 is 0 Å². The quantitative estimate of drug-likeness (QED) is 0.547. The minimum Gasteiger partial charge on any atom is -0.491 e. The number of carbonyl (C=O) groups excluding carboxylic acids is 1. The second-order valence-corrected chi connectivity index (χ2v) is 11.2. The van der Waals surface area contributed by atoms with Crippen molar-refractivity contribution in [2.45, 2.75) is 67.9 Å². The second kappa shape index (κ2) is 9.87. The van der Waals surface area contributed by atoms with Gasteiger partial charge in [0.25, 0.3) is 0 Å². The van der Waals surface area contributed by atoms with E-state index in [0.29, 0.717) is 22.7 Å². The molecule has 0 aliphatic carbocycles. The van der Waals surface area contributed by atoms with Crippen molar-refractivity contribution in [1.82, 2.24) is 9.97 Å². The number of hydrogen-bond acceptors (Lipinski definition) is 6. The van der Waals surface area contributed by atoms with Crippen molar-refractivity contribution in [2.24, 2.45) is 10.8 Å². The highest BCUT2D eigenvalue weighted by Crippen LogP contribution is 2.37. The van der Waals surface area contributed by atoms with E-state index in [9.17, 15) is 9.90 Å². The molecule has 184 valence electrons. The number of rotatable bonds is 7. The topological polar surface area (TPSA) is 75.6 Å². The van der Waals surface area contributed by atoms with Crippen molar-refractivity contribution in [3.63, 3.8) is 0 Å². The highest BCUT2D eigenvalue weighted by Gasteiger charge is 2.30. The molecule has 34 heavy (non-hydrogen) atoms. The van der Waals surface area contributed by atoms with Crippen LogP contribution in [0.4, 0.5) is 5.69 Å². The van der Waals surface area contributed by atoms with Crippen LogP contribution >= 0.6 is 0 Å². The van der Waals surface area contributed by atoms with Gasteiger partial charge in [-0.2, -0.15) is 0 Å². The number of benzene rings is 1. The Balaban J connectivity index is 2.07. The molecular formula is C28H39N3O3. The van der Waals surface area contributed by atoms with Crippen molar-refractivity contribution in [3.8, 4) is 17.0 Å². The normalized spacial score (nSPS) is 17.1. The number of aliphatic hydroxyl groups is 1. The summed E-state index contributed by atoms with van der Waals surface area (Å²) in [5, 5.41) is 9.73. The number of carbonyl (C=O) groups is 1. The summed E-state index contributed by atoms with van der Waals surface area (Å²) in [4.78, 5) is 25.0. The summed E-state index contributed by atoms with van der Waals surface area (Å²) in [5.41, 5.74) is 4.26. The number of aryl methyl sites for hydroxylation is 1. The molecule has 1 aliphatic heterocycles. The predicted molar refractivity (Wildman–Crippen MR) is 138 cm³/mol. The molecule has 6 heteroatoms. The van der Waals surface area contributed by atoms with E-state index in [2.05, 4.69) is 29.8 Å². The first-order valence-electron chi connectivity index (χ1n) is 12.1. The number of allylic oxidation sites excluding steroid dienone is 2. The maximum Gasteiger partial charge on any atom is 0.170 e. The van der Waals surface area contributed by atoms with Gasteiger partial charge in [0, 0.05) is 41.4 Å². The van der Waals surface area contributed by atoms with Gasteiger partial charge in [-0.3, -0.25) is 9.78 Å². The molecule has 1 N–H and O–H groups in total. The fraction of sp³-hybridized carbons (Fsp3) is 0.536. The molecule has 3 rings (SSSR count). The lowest BCUT2D eigenvalue weighted by Crippen LogP contribution is -2.23. The summed E-state index contributed by atoms with van der Waals surface area (Å²) in [7, 11) is 0. The van der Waals surface area contributed by atoms with Crippen LogP contribution in [0.3, 0.4) is 0 Å². The Labute approximate surface area is 204 Å². The fourth-order valence-electron chi connectivity index (χ4n) is 4.17. The first-order chi connectivity index (χ1) is 15.8. The molecule has 1 unspecified atom stereocenters. The number of hydrogen-bond donors (Lipinski definition) is 1. The van der Waals surface area contributed by atoms with Crippen LogP contribution in [0.2, 0.25) is 0 Å². The van der Waals surface area contributed by atoms with E-state index in [1.165, 1.54) is 0 Å². The van der Waals surface area contributed by atoms with E-state index in [4.69, 9.17) is 9.72 Å². The van der Waals surface area contributed by atoms with Crippen molar-refractivity contribution in [2.75, 3.05) is 24.6 Å². The molecule has 0 spiro atoms. The summed E-state index contributed by atoms with van der Waals surface area (Å²) < 4.78 is 5.90. The van der Waals surface area contributed by atoms with Crippen molar-refractivity contribution >= 4 is 17.0 Å². The average Bonchev–Trinajstić information content (AvgIpc) is 3.13. The van der Waals surface area contributed by atoms with E-state index < -0.39 is 11.5 Å². The molecule has 1 aromatic carbocycles. The third kappa shape index (κ3) is 6.03. The second-order valence-electron chi connectivity index (χ2n) is 11.2. The van der Waals surface area contributed by atoms with Crippen LogP contribution in [0.5, 0.6) is 5.75 Å². The van der Waals surface area contributed by atoms with Gasteiger partial charge in [-0.05, 0) is 44.7 Å². The van der Waals surface area contributed by atoms with Crippen LogP contribution in [0, 0.1) is 17.8 Å². The Kier molecular flexibility index (Phi) is 7.51. The van der Waals surface area contributed by atoms with E-state index in [0.717, 1.165) is 36.5 Å². The Bertz CT molecular complexity index is 1080. The van der Waals surface area contributed by atoms with E-state index in [1.807, 2.05) is 52.8 Å². The number of anilines is 1.